The summed E-state index contributed by atoms with van der Waals surface area (Å²) in [7, 11) is 1.77. The maximum absolute atomic E-state index is 7.36. The van der Waals surface area contributed by atoms with Crippen LogP contribution in [0.1, 0.15) is 5.56 Å². The van der Waals surface area contributed by atoms with E-state index in [9.17, 15) is 0 Å². The zero-order chi connectivity index (χ0) is 8.43. The highest BCUT2D eigenvalue weighted by Gasteiger charge is 2.00. The Morgan fingerprint density at radius 1 is 1.64 bits per heavy atom. The normalized spacial score (nSPS) is 9.64. The van der Waals surface area contributed by atoms with Gasteiger partial charge in [-0.1, -0.05) is 11.6 Å². The number of aromatic nitrogens is 1. The summed E-state index contributed by atoms with van der Waals surface area (Å²) in [6, 6.07) is 1.60. The quantitative estimate of drug-likeness (QED) is 0.468. The second kappa shape index (κ2) is 2.88. The summed E-state index contributed by atoms with van der Waals surface area (Å²) in [5.74, 6) is 0. The van der Waals surface area contributed by atoms with Gasteiger partial charge in [-0.2, -0.15) is 0 Å². The molecule has 11 heavy (non-hydrogen) atoms. The Labute approximate surface area is 69.3 Å². The minimum Gasteiger partial charge on any atom is -0.341 e. The van der Waals surface area contributed by atoms with Crippen molar-refractivity contribution in [3.63, 3.8) is 0 Å². The molecule has 1 aromatic rings. The van der Waals surface area contributed by atoms with Gasteiger partial charge in [-0.25, -0.2) is 0 Å². The molecule has 0 aliphatic heterocycles. The Hall–Kier alpha value is -1.09. The summed E-state index contributed by atoms with van der Waals surface area (Å²) in [5.41, 5.74) is 0.455. The molecule has 0 aliphatic carbocycles. The first kappa shape index (κ1) is 8.01. The Kier molecular flexibility index (Phi) is 2.10. The number of nitrogens with zero attached hydrogens (tertiary/aromatic N) is 1. The summed E-state index contributed by atoms with van der Waals surface area (Å²) >= 11 is 5.79. The average Bonchev–Trinajstić information content (AvgIpc) is 1.99. The van der Waals surface area contributed by atoms with Crippen molar-refractivity contribution in [1.82, 2.24) is 4.57 Å². The first-order chi connectivity index (χ1) is 5.16. The molecule has 0 bridgehead atoms. The molecule has 0 saturated heterocycles. The highest BCUT2D eigenvalue weighted by atomic mass is 35.5. The van der Waals surface area contributed by atoms with Gasteiger partial charge in [-0.3, -0.25) is 0 Å². The van der Waals surface area contributed by atoms with Gasteiger partial charge in [0.25, 0.3) is 0 Å². The molecular formula is C7H8ClN3. The maximum atomic E-state index is 7.36. The van der Waals surface area contributed by atoms with Crippen molar-refractivity contribution in [2.45, 2.75) is 0 Å². The van der Waals surface area contributed by atoms with Gasteiger partial charge >= 0.3 is 0 Å². The van der Waals surface area contributed by atoms with Gasteiger partial charge in [0.05, 0.1) is 10.9 Å². The van der Waals surface area contributed by atoms with Crippen molar-refractivity contribution < 1.29 is 0 Å². The van der Waals surface area contributed by atoms with Crippen LogP contribution in [0.3, 0.4) is 0 Å². The molecule has 1 aromatic heterocycles. The highest BCUT2D eigenvalue weighted by Crippen LogP contribution is 2.07. The summed E-state index contributed by atoms with van der Waals surface area (Å²) in [5, 5.41) is 15.0. The SMILES string of the molecule is Cn1ccc(=N)c(C=N)c1Cl. The summed E-state index contributed by atoms with van der Waals surface area (Å²) in [6.45, 7) is 0. The molecule has 0 radical (unpaired) electrons. The Balaban J connectivity index is 3.53. The minimum atomic E-state index is 0.281. The van der Waals surface area contributed by atoms with Crippen LogP contribution in [-0.4, -0.2) is 10.8 Å². The predicted molar refractivity (Wildman–Crippen MR) is 44.2 cm³/mol. The molecule has 4 heteroatoms. The van der Waals surface area contributed by atoms with E-state index in [-0.39, 0.29) is 5.36 Å². The number of hydrogen-bond donors (Lipinski definition) is 2. The van der Waals surface area contributed by atoms with Crippen molar-refractivity contribution in [3.05, 3.63) is 28.3 Å². The minimum absolute atomic E-state index is 0.281. The zero-order valence-electron chi connectivity index (χ0n) is 6.06. The third-order valence-corrected chi connectivity index (χ3v) is 1.90. The molecule has 3 nitrogen and oxygen atoms in total. The Morgan fingerprint density at radius 2 is 2.27 bits per heavy atom. The number of hydrogen-bond acceptors (Lipinski definition) is 2. The van der Waals surface area contributed by atoms with Crippen LogP contribution >= 0.6 is 11.6 Å². The van der Waals surface area contributed by atoms with Crippen LogP contribution in [0.15, 0.2) is 12.3 Å². The molecule has 0 spiro atoms. The second-order valence-corrected chi connectivity index (χ2v) is 2.55. The van der Waals surface area contributed by atoms with Gasteiger partial charge in [0, 0.05) is 19.5 Å². The number of aryl methyl sites for hydroxylation is 1. The topological polar surface area (TPSA) is 52.6 Å². The lowest BCUT2D eigenvalue weighted by atomic mass is 10.3. The van der Waals surface area contributed by atoms with Gasteiger partial charge < -0.3 is 15.4 Å². The summed E-state index contributed by atoms with van der Waals surface area (Å²) in [6.07, 6.45) is 2.78. The van der Waals surface area contributed by atoms with E-state index in [0.29, 0.717) is 10.7 Å². The molecule has 1 rings (SSSR count). The lowest BCUT2D eigenvalue weighted by Crippen LogP contribution is -2.11. The lowest BCUT2D eigenvalue weighted by Gasteiger charge is -2.03. The summed E-state index contributed by atoms with van der Waals surface area (Å²) < 4.78 is 1.67. The van der Waals surface area contributed by atoms with Crippen LogP contribution in [0.25, 0.3) is 0 Å². The van der Waals surface area contributed by atoms with Crippen LogP contribution in [0.4, 0.5) is 0 Å². The lowest BCUT2D eigenvalue weighted by molar-refractivity contribution is 0.893. The van der Waals surface area contributed by atoms with E-state index in [2.05, 4.69) is 0 Å². The number of pyridine rings is 1. The molecule has 0 fully saturated rings. The van der Waals surface area contributed by atoms with Gasteiger partial charge in [0.15, 0.2) is 0 Å². The number of halogens is 1. The van der Waals surface area contributed by atoms with Crippen molar-refractivity contribution in [3.8, 4) is 0 Å². The third-order valence-electron chi connectivity index (χ3n) is 1.43. The fourth-order valence-electron chi connectivity index (χ4n) is 0.780. The van der Waals surface area contributed by atoms with E-state index >= 15 is 0 Å². The van der Waals surface area contributed by atoms with E-state index in [4.69, 9.17) is 22.4 Å². The smallest absolute Gasteiger partial charge is 0.119 e. The van der Waals surface area contributed by atoms with E-state index < -0.39 is 0 Å². The molecule has 0 atom stereocenters. The standard InChI is InChI=1S/C7H8ClN3/c1-11-3-2-6(10)5(4-9)7(11)8/h2-4,9-10H,1H3. The monoisotopic (exact) mass is 169 g/mol. The van der Waals surface area contributed by atoms with Crippen LogP contribution in [0.5, 0.6) is 0 Å². The van der Waals surface area contributed by atoms with Crippen LogP contribution in [0, 0.1) is 10.8 Å². The molecule has 0 aliphatic rings. The highest BCUT2D eigenvalue weighted by molar-refractivity contribution is 6.31. The largest absolute Gasteiger partial charge is 0.341 e. The molecule has 2 N–H and O–H groups in total. The van der Waals surface area contributed by atoms with Gasteiger partial charge in [-0.05, 0) is 6.07 Å². The van der Waals surface area contributed by atoms with Crippen molar-refractivity contribution in [1.29, 1.82) is 10.8 Å². The molecule has 0 unspecified atom stereocenters. The Bertz CT molecular complexity index is 340. The van der Waals surface area contributed by atoms with Crippen LogP contribution in [-0.2, 0) is 7.05 Å². The van der Waals surface area contributed by atoms with Crippen LogP contribution in [0.2, 0.25) is 5.15 Å². The van der Waals surface area contributed by atoms with E-state index in [1.54, 1.807) is 23.9 Å². The molecular weight excluding hydrogens is 162 g/mol. The first-order valence-corrected chi connectivity index (χ1v) is 3.45. The van der Waals surface area contributed by atoms with E-state index in [0.717, 1.165) is 6.21 Å². The van der Waals surface area contributed by atoms with Gasteiger partial charge in [0.1, 0.15) is 5.15 Å². The molecule has 0 amide bonds. The average molecular weight is 170 g/mol. The third kappa shape index (κ3) is 1.33. The number of rotatable bonds is 1. The van der Waals surface area contributed by atoms with Crippen LogP contribution < -0.4 is 5.36 Å². The maximum Gasteiger partial charge on any atom is 0.119 e. The molecule has 58 valence electrons. The second-order valence-electron chi connectivity index (χ2n) is 2.19. The Morgan fingerprint density at radius 3 is 2.73 bits per heavy atom. The van der Waals surface area contributed by atoms with Crippen molar-refractivity contribution >= 4 is 17.8 Å². The predicted octanol–water partition coefficient (Wildman–Crippen LogP) is 1.16. The van der Waals surface area contributed by atoms with E-state index in [1.165, 1.54) is 0 Å². The fraction of sp³-hybridized carbons (Fsp3) is 0.143. The molecule has 0 saturated carbocycles. The molecule has 1 heterocycles. The van der Waals surface area contributed by atoms with Gasteiger partial charge in [-0.15, -0.1) is 0 Å². The van der Waals surface area contributed by atoms with Crippen molar-refractivity contribution in [2.75, 3.05) is 0 Å². The van der Waals surface area contributed by atoms with Gasteiger partial charge in [0.2, 0.25) is 0 Å². The molecule has 0 aromatic carbocycles. The first-order valence-electron chi connectivity index (χ1n) is 3.07. The van der Waals surface area contributed by atoms with E-state index in [1.807, 2.05) is 0 Å². The number of nitrogens with one attached hydrogen (secondary N) is 2. The van der Waals surface area contributed by atoms with Crippen molar-refractivity contribution in [2.24, 2.45) is 7.05 Å². The zero-order valence-corrected chi connectivity index (χ0v) is 6.81. The summed E-state index contributed by atoms with van der Waals surface area (Å²) in [4.78, 5) is 0. The fourth-order valence-corrected chi connectivity index (χ4v) is 0.993.